The van der Waals surface area contributed by atoms with Crippen LogP contribution in [0.1, 0.15) is 15.9 Å². The van der Waals surface area contributed by atoms with E-state index in [0.717, 1.165) is 10.9 Å². The standard InChI is InChI=1S/C23H18N2O3S/c26-23(25-22-13-5-12-21-20(22)11-6-14-24-21)18-8-4-7-17(15-18)16-29(27,28)19-9-2-1-3-10-19/h1-15H,16H2,(H,25,26). The predicted molar refractivity (Wildman–Crippen MR) is 113 cm³/mol. The Kier molecular flexibility index (Phi) is 5.10. The number of pyridine rings is 1. The molecule has 1 amide bonds. The summed E-state index contributed by atoms with van der Waals surface area (Å²) in [4.78, 5) is 17.3. The first-order valence-electron chi connectivity index (χ1n) is 9.05. The van der Waals surface area contributed by atoms with Gasteiger partial charge in [-0.25, -0.2) is 8.42 Å². The van der Waals surface area contributed by atoms with E-state index in [4.69, 9.17) is 0 Å². The highest BCUT2D eigenvalue weighted by atomic mass is 32.2. The molecule has 0 saturated heterocycles. The summed E-state index contributed by atoms with van der Waals surface area (Å²) >= 11 is 0. The summed E-state index contributed by atoms with van der Waals surface area (Å²) < 4.78 is 25.2. The SMILES string of the molecule is O=C(Nc1cccc2ncccc12)c1cccc(CS(=O)(=O)c2ccccc2)c1. The van der Waals surface area contributed by atoms with E-state index in [1.54, 1.807) is 60.8 Å². The fourth-order valence-electron chi connectivity index (χ4n) is 3.14. The number of nitrogens with zero attached hydrogens (tertiary/aromatic N) is 1. The summed E-state index contributed by atoms with van der Waals surface area (Å²) in [6, 6.07) is 24.2. The van der Waals surface area contributed by atoms with Crippen LogP contribution in [-0.4, -0.2) is 19.3 Å². The Hall–Kier alpha value is -3.51. The van der Waals surface area contributed by atoms with Gasteiger partial charge in [-0.05, 0) is 54.1 Å². The van der Waals surface area contributed by atoms with Crippen LogP contribution in [-0.2, 0) is 15.6 Å². The minimum absolute atomic E-state index is 0.170. The van der Waals surface area contributed by atoms with Gasteiger partial charge in [-0.1, -0.05) is 36.4 Å². The Bertz CT molecular complexity index is 1280. The molecule has 5 nitrogen and oxygen atoms in total. The maximum Gasteiger partial charge on any atom is 0.255 e. The van der Waals surface area contributed by atoms with Crippen LogP contribution >= 0.6 is 0 Å². The highest BCUT2D eigenvalue weighted by molar-refractivity contribution is 7.90. The third-order valence-corrected chi connectivity index (χ3v) is 6.25. The molecule has 3 aromatic carbocycles. The number of carbonyl (C=O) groups excluding carboxylic acids is 1. The zero-order chi connectivity index (χ0) is 20.3. The van der Waals surface area contributed by atoms with E-state index in [0.29, 0.717) is 16.8 Å². The van der Waals surface area contributed by atoms with Crippen molar-refractivity contribution in [3.63, 3.8) is 0 Å². The van der Waals surface area contributed by atoms with E-state index in [-0.39, 0.29) is 16.6 Å². The molecule has 1 N–H and O–H groups in total. The van der Waals surface area contributed by atoms with Gasteiger partial charge in [0, 0.05) is 17.1 Å². The van der Waals surface area contributed by atoms with Crippen LogP contribution < -0.4 is 5.32 Å². The van der Waals surface area contributed by atoms with E-state index < -0.39 is 9.84 Å². The third-order valence-electron chi connectivity index (χ3n) is 4.54. The molecule has 0 unspecified atom stereocenters. The summed E-state index contributed by atoms with van der Waals surface area (Å²) in [5, 5.41) is 3.73. The molecule has 4 rings (SSSR count). The number of carbonyl (C=O) groups is 1. The number of nitrogens with one attached hydrogen (secondary N) is 1. The lowest BCUT2D eigenvalue weighted by molar-refractivity contribution is 0.102. The van der Waals surface area contributed by atoms with E-state index in [1.165, 1.54) is 0 Å². The molecule has 6 heteroatoms. The third kappa shape index (κ3) is 4.17. The van der Waals surface area contributed by atoms with Crippen LogP contribution in [0, 0.1) is 0 Å². The lowest BCUT2D eigenvalue weighted by Gasteiger charge is -2.10. The van der Waals surface area contributed by atoms with Crippen molar-refractivity contribution >= 4 is 32.3 Å². The number of hydrogen-bond donors (Lipinski definition) is 1. The van der Waals surface area contributed by atoms with Crippen molar-refractivity contribution in [1.29, 1.82) is 0 Å². The molecule has 0 aliphatic carbocycles. The molecule has 0 fully saturated rings. The van der Waals surface area contributed by atoms with Crippen LogP contribution in [0.15, 0.2) is 96.0 Å². The molecule has 0 saturated carbocycles. The molecule has 0 spiro atoms. The van der Waals surface area contributed by atoms with Crippen molar-refractivity contribution < 1.29 is 13.2 Å². The molecule has 0 atom stereocenters. The summed E-state index contributed by atoms with van der Waals surface area (Å²) in [5.74, 6) is -0.476. The number of fused-ring (bicyclic) bond motifs is 1. The van der Waals surface area contributed by atoms with Gasteiger partial charge in [0.1, 0.15) is 0 Å². The van der Waals surface area contributed by atoms with Crippen LogP contribution in [0.4, 0.5) is 5.69 Å². The highest BCUT2D eigenvalue weighted by Gasteiger charge is 2.16. The normalized spacial score (nSPS) is 11.3. The van der Waals surface area contributed by atoms with Crippen LogP contribution in [0.5, 0.6) is 0 Å². The first-order chi connectivity index (χ1) is 14.0. The van der Waals surface area contributed by atoms with Gasteiger partial charge in [0.15, 0.2) is 9.84 Å². The molecule has 0 radical (unpaired) electrons. The number of rotatable bonds is 5. The minimum atomic E-state index is -3.48. The topological polar surface area (TPSA) is 76.1 Å². The summed E-state index contributed by atoms with van der Waals surface area (Å²) in [5.41, 5.74) is 2.39. The molecule has 0 aliphatic heterocycles. The number of anilines is 1. The molecular weight excluding hydrogens is 384 g/mol. The molecule has 29 heavy (non-hydrogen) atoms. The average Bonchev–Trinajstić information content (AvgIpc) is 2.74. The van der Waals surface area contributed by atoms with Crippen molar-refractivity contribution in [3.8, 4) is 0 Å². The monoisotopic (exact) mass is 402 g/mol. The van der Waals surface area contributed by atoms with E-state index >= 15 is 0 Å². The molecule has 1 aromatic heterocycles. The second-order valence-corrected chi connectivity index (χ2v) is 8.59. The lowest BCUT2D eigenvalue weighted by atomic mass is 10.1. The smallest absolute Gasteiger partial charge is 0.255 e. The van der Waals surface area contributed by atoms with Gasteiger partial charge in [-0.3, -0.25) is 9.78 Å². The van der Waals surface area contributed by atoms with Gasteiger partial charge < -0.3 is 5.32 Å². The quantitative estimate of drug-likeness (QED) is 0.535. The average molecular weight is 402 g/mol. The Morgan fingerprint density at radius 3 is 2.48 bits per heavy atom. The van der Waals surface area contributed by atoms with Gasteiger partial charge in [0.2, 0.25) is 0 Å². The van der Waals surface area contributed by atoms with E-state index in [1.807, 2.05) is 30.3 Å². The van der Waals surface area contributed by atoms with Gasteiger partial charge in [-0.2, -0.15) is 0 Å². The molecule has 144 valence electrons. The molecular formula is C23H18N2O3S. The number of aromatic nitrogens is 1. The van der Waals surface area contributed by atoms with Crippen molar-refractivity contribution in [3.05, 3.63) is 102 Å². The molecule has 0 bridgehead atoms. The van der Waals surface area contributed by atoms with Crippen molar-refractivity contribution in [2.75, 3.05) is 5.32 Å². The lowest BCUT2D eigenvalue weighted by Crippen LogP contribution is -2.13. The molecule has 1 heterocycles. The van der Waals surface area contributed by atoms with Crippen LogP contribution in [0.2, 0.25) is 0 Å². The number of hydrogen-bond acceptors (Lipinski definition) is 4. The second kappa shape index (κ2) is 7.85. The van der Waals surface area contributed by atoms with Crippen LogP contribution in [0.3, 0.4) is 0 Å². The van der Waals surface area contributed by atoms with Gasteiger partial charge in [0.05, 0.1) is 21.9 Å². The number of sulfone groups is 1. The summed E-state index contributed by atoms with van der Waals surface area (Å²) in [6.45, 7) is 0. The Balaban J connectivity index is 1.58. The Morgan fingerprint density at radius 1 is 0.862 bits per heavy atom. The Morgan fingerprint density at radius 2 is 1.66 bits per heavy atom. The number of amides is 1. The van der Waals surface area contributed by atoms with Crippen molar-refractivity contribution in [1.82, 2.24) is 4.98 Å². The Labute approximate surface area is 169 Å². The highest BCUT2D eigenvalue weighted by Crippen LogP contribution is 2.22. The van der Waals surface area contributed by atoms with Crippen molar-refractivity contribution in [2.24, 2.45) is 0 Å². The zero-order valence-electron chi connectivity index (χ0n) is 15.4. The maximum absolute atomic E-state index is 12.8. The van der Waals surface area contributed by atoms with Crippen molar-refractivity contribution in [2.45, 2.75) is 10.6 Å². The summed E-state index contributed by atoms with van der Waals surface area (Å²) in [7, 11) is -3.48. The summed E-state index contributed by atoms with van der Waals surface area (Å²) in [6.07, 6.45) is 1.70. The second-order valence-electron chi connectivity index (χ2n) is 6.60. The van der Waals surface area contributed by atoms with Gasteiger partial charge in [-0.15, -0.1) is 0 Å². The van der Waals surface area contributed by atoms with Gasteiger partial charge in [0.25, 0.3) is 5.91 Å². The zero-order valence-corrected chi connectivity index (χ0v) is 16.3. The fraction of sp³-hybridized carbons (Fsp3) is 0.0435. The largest absolute Gasteiger partial charge is 0.321 e. The van der Waals surface area contributed by atoms with E-state index in [9.17, 15) is 13.2 Å². The van der Waals surface area contributed by atoms with E-state index in [2.05, 4.69) is 10.3 Å². The number of benzene rings is 3. The molecule has 0 aliphatic rings. The first-order valence-corrected chi connectivity index (χ1v) is 10.7. The molecule has 4 aromatic rings. The maximum atomic E-state index is 12.8. The van der Waals surface area contributed by atoms with Crippen LogP contribution in [0.25, 0.3) is 10.9 Å². The van der Waals surface area contributed by atoms with Gasteiger partial charge >= 0.3 is 0 Å². The minimum Gasteiger partial charge on any atom is -0.321 e. The first kappa shape index (κ1) is 18.8. The predicted octanol–water partition coefficient (Wildman–Crippen LogP) is 4.46. The fourth-order valence-corrected chi connectivity index (χ4v) is 4.50.